The van der Waals surface area contributed by atoms with Gasteiger partial charge in [0.2, 0.25) is 5.91 Å². The van der Waals surface area contributed by atoms with Crippen LogP contribution in [0.2, 0.25) is 0 Å². The van der Waals surface area contributed by atoms with Crippen molar-refractivity contribution in [3.05, 3.63) is 87.9 Å². The van der Waals surface area contributed by atoms with E-state index in [9.17, 15) is 18.8 Å². The number of hydrogen-bond acceptors (Lipinski definition) is 5. The van der Waals surface area contributed by atoms with E-state index in [2.05, 4.69) is 24.5 Å². The van der Waals surface area contributed by atoms with Crippen LogP contribution in [0.1, 0.15) is 47.2 Å². The third kappa shape index (κ3) is 6.09. The molecular weight excluding hydrogens is 481 g/mol. The zero-order valence-corrected chi connectivity index (χ0v) is 20.9. The minimum Gasteiger partial charge on any atom is -0.438 e. The average Bonchev–Trinajstić information content (AvgIpc) is 3.48. The van der Waals surface area contributed by atoms with E-state index in [0.29, 0.717) is 34.2 Å². The molecule has 188 valence electrons. The Morgan fingerprint density at radius 1 is 1.11 bits per heavy atom. The lowest BCUT2D eigenvalue weighted by Gasteiger charge is -2.24. The molecule has 36 heavy (non-hydrogen) atoms. The summed E-state index contributed by atoms with van der Waals surface area (Å²) < 4.78 is 19.4. The third-order valence-corrected chi connectivity index (χ3v) is 6.73. The number of nitrogens with zero attached hydrogens (tertiary/aromatic N) is 1. The third-order valence-electron chi connectivity index (χ3n) is 5.86. The molecule has 3 aromatic rings. The topological polar surface area (TPSA) is 87.7 Å². The molecule has 3 amide bonds. The van der Waals surface area contributed by atoms with E-state index in [4.69, 9.17) is 4.74 Å². The number of nitrogens with one attached hydrogen (secondary N) is 2. The lowest BCUT2D eigenvalue weighted by Crippen LogP contribution is -2.46. The molecule has 1 aliphatic rings. The summed E-state index contributed by atoms with van der Waals surface area (Å²) in [7, 11) is 0. The van der Waals surface area contributed by atoms with Crippen LogP contribution in [0, 0.1) is 11.7 Å². The number of hydrogen-bond donors (Lipinski definition) is 2. The van der Waals surface area contributed by atoms with E-state index < -0.39 is 24.1 Å². The second-order valence-electron chi connectivity index (χ2n) is 9.03. The number of amides is 3. The van der Waals surface area contributed by atoms with Crippen molar-refractivity contribution in [2.45, 2.75) is 39.0 Å². The summed E-state index contributed by atoms with van der Waals surface area (Å²) in [6.45, 7) is 4.62. The lowest BCUT2D eigenvalue weighted by atomic mass is 10.00. The maximum Gasteiger partial charge on any atom is 0.411 e. The highest BCUT2D eigenvalue weighted by molar-refractivity contribution is 7.12. The van der Waals surface area contributed by atoms with Gasteiger partial charge in [0.25, 0.3) is 5.91 Å². The number of ether oxygens (including phenoxy) is 1. The fourth-order valence-electron chi connectivity index (χ4n) is 3.99. The van der Waals surface area contributed by atoms with Crippen LogP contribution in [0.3, 0.4) is 0 Å². The van der Waals surface area contributed by atoms with E-state index in [-0.39, 0.29) is 18.4 Å². The molecule has 0 saturated carbocycles. The highest BCUT2D eigenvalue weighted by Crippen LogP contribution is 2.34. The Morgan fingerprint density at radius 2 is 1.89 bits per heavy atom. The van der Waals surface area contributed by atoms with Crippen molar-refractivity contribution >= 4 is 34.9 Å². The summed E-state index contributed by atoms with van der Waals surface area (Å²) in [6.07, 6.45) is -0.712. The van der Waals surface area contributed by atoms with Gasteiger partial charge in [0.15, 0.2) is 12.1 Å². The molecular formula is C27H28FN3O4S. The number of carbonyl (C=O) groups excluding carboxylic acids is 3. The molecule has 1 saturated heterocycles. The Kier molecular flexibility index (Phi) is 8.00. The molecule has 2 atom stereocenters. The van der Waals surface area contributed by atoms with Crippen molar-refractivity contribution < 1.29 is 23.5 Å². The number of cyclic esters (lactones) is 1. The normalized spacial score (nSPS) is 17.2. The van der Waals surface area contributed by atoms with E-state index in [1.165, 1.54) is 28.4 Å². The van der Waals surface area contributed by atoms with Gasteiger partial charge in [-0.3, -0.25) is 14.5 Å². The molecule has 1 fully saturated rings. The number of carbonyl (C=O) groups is 3. The Balaban J connectivity index is 1.54. The Bertz CT molecular complexity index is 1210. The first-order valence-electron chi connectivity index (χ1n) is 11.8. The van der Waals surface area contributed by atoms with Crippen LogP contribution in [0.5, 0.6) is 0 Å². The molecule has 0 unspecified atom stereocenters. The zero-order valence-electron chi connectivity index (χ0n) is 20.1. The summed E-state index contributed by atoms with van der Waals surface area (Å²) >= 11 is 1.34. The van der Waals surface area contributed by atoms with Crippen molar-refractivity contribution in [3.63, 3.8) is 0 Å². The molecule has 0 spiro atoms. The van der Waals surface area contributed by atoms with Gasteiger partial charge in [-0.15, -0.1) is 11.3 Å². The predicted molar refractivity (Wildman–Crippen MR) is 136 cm³/mol. The standard InChI is InChI=1S/C27H28FN3O4S/c1-17(2)12-13-29-26(33)23-24(35-27(34)31(23)16-18-5-3-6-20(28)15-18)19-8-10-21(11-9-19)30-25(32)22-7-4-14-36-22/h3-11,14-15,17,23-24H,12-13,16H2,1-2H3,(H,29,33)(H,30,32)/t23-,24+/m1/s1. The molecule has 2 aromatic carbocycles. The Morgan fingerprint density at radius 3 is 2.56 bits per heavy atom. The van der Waals surface area contributed by atoms with Crippen LogP contribution in [0.25, 0.3) is 0 Å². The first kappa shape index (κ1) is 25.4. The molecule has 4 rings (SSSR count). The van der Waals surface area contributed by atoms with E-state index in [0.717, 1.165) is 6.42 Å². The summed E-state index contributed by atoms with van der Waals surface area (Å²) in [5.74, 6) is -0.565. The summed E-state index contributed by atoms with van der Waals surface area (Å²) in [5, 5.41) is 7.57. The molecule has 0 bridgehead atoms. The Labute approximate surface area is 213 Å². The number of halogens is 1. The van der Waals surface area contributed by atoms with Gasteiger partial charge in [0.1, 0.15) is 5.82 Å². The molecule has 0 aliphatic carbocycles. The average molecular weight is 510 g/mol. The smallest absolute Gasteiger partial charge is 0.411 e. The first-order chi connectivity index (χ1) is 17.3. The fraction of sp³-hybridized carbons (Fsp3) is 0.296. The van der Waals surface area contributed by atoms with Crippen LogP contribution in [0.15, 0.2) is 66.0 Å². The molecule has 1 aliphatic heterocycles. The maximum atomic E-state index is 13.8. The first-order valence-corrected chi connectivity index (χ1v) is 12.6. The van der Waals surface area contributed by atoms with Crippen LogP contribution in [0.4, 0.5) is 14.9 Å². The molecule has 9 heteroatoms. The van der Waals surface area contributed by atoms with Crippen LogP contribution < -0.4 is 10.6 Å². The van der Waals surface area contributed by atoms with E-state index in [1.54, 1.807) is 48.5 Å². The van der Waals surface area contributed by atoms with Crippen molar-refractivity contribution in [1.29, 1.82) is 0 Å². The number of benzene rings is 2. The van der Waals surface area contributed by atoms with Gasteiger partial charge in [-0.1, -0.05) is 44.2 Å². The zero-order chi connectivity index (χ0) is 25.7. The Hall–Kier alpha value is -3.72. The number of thiophene rings is 1. The second-order valence-corrected chi connectivity index (χ2v) is 9.98. The summed E-state index contributed by atoms with van der Waals surface area (Å²) in [6, 6.07) is 15.4. The minimum absolute atomic E-state index is 0.0321. The van der Waals surface area contributed by atoms with Gasteiger partial charge < -0.3 is 15.4 Å². The monoisotopic (exact) mass is 509 g/mol. The molecule has 2 N–H and O–H groups in total. The van der Waals surface area contributed by atoms with Crippen molar-refractivity contribution in [1.82, 2.24) is 10.2 Å². The summed E-state index contributed by atoms with van der Waals surface area (Å²) in [4.78, 5) is 40.4. The highest BCUT2D eigenvalue weighted by atomic mass is 32.1. The van der Waals surface area contributed by atoms with Gasteiger partial charge >= 0.3 is 6.09 Å². The predicted octanol–water partition coefficient (Wildman–Crippen LogP) is 5.36. The summed E-state index contributed by atoms with van der Waals surface area (Å²) in [5.41, 5.74) is 1.75. The van der Waals surface area contributed by atoms with Crippen LogP contribution in [-0.2, 0) is 16.1 Å². The van der Waals surface area contributed by atoms with Crippen molar-refractivity contribution in [2.75, 3.05) is 11.9 Å². The quantitative estimate of drug-likeness (QED) is 0.406. The van der Waals surface area contributed by atoms with Gasteiger partial charge in [0.05, 0.1) is 11.4 Å². The largest absolute Gasteiger partial charge is 0.438 e. The second kappa shape index (κ2) is 11.3. The maximum absolute atomic E-state index is 13.8. The van der Waals surface area contributed by atoms with E-state index >= 15 is 0 Å². The van der Waals surface area contributed by atoms with Crippen LogP contribution in [-0.4, -0.2) is 35.4 Å². The molecule has 1 aromatic heterocycles. The van der Waals surface area contributed by atoms with Gasteiger partial charge in [-0.05, 0) is 59.2 Å². The van der Waals surface area contributed by atoms with Crippen molar-refractivity contribution in [3.8, 4) is 0 Å². The molecule has 2 heterocycles. The number of anilines is 1. The van der Waals surface area contributed by atoms with Gasteiger partial charge in [-0.2, -0.15) is 0 Å². The SMILES string of the molecule is CC(C)CCNC(=O)[C@H]1[C@H](c2ccc(NC(=O)c3cccs3)cc2)OC(=O)N1Cc1cccc(F)c1. The fourth-order valence-corrected chi connectivity index (χ4v) is 4.61. The van der Waals surface area contributed by atoms with Crippen molar-refractivity contribution in [2.24, 2.45) is 5.92 Å². The highest BCUT2D eigenvalue weighted by Gasteiger charge is 2.46. The van der Waals surface area contributed by atoms with Crippen LogP contribution >= 0.6 is 11.3 Å². The minimum atomic E-state index is -0.931. The lowest BCUT2D eigenvalue weighted by molar-refractivity contribution is -0.126. The molecule has 7 nitrogen and oxygen atoms in total. The molecule has 0 radical (unpaired) electrons. The number of rotatable bonds is 9. The van der Waals surface area contributed by atoms with E-state index in [1.807, 2.05) is 5.38 Å². The van der Waals surface area contributed by atoms with Gasteiger partial charge in [-0.25, -0.2) is 9.18 Å². The van der Waals surface area contributed by atoms with Gasteiger partial charge in [0, 0.05) is 12.2 Å².